The molecule has 0 atom stereocenters. The van der Waals surface area contributed by atoms with Crippen molar-refractivity contribution in [3.8, 4) is 0 Å². The van der Waals surface area contributed by atoms with Crippen LogP contribution in [0.25, 0.3) is 0 Å². The number of anilines is 2. The number of hydrogen-bond donors (Lipinski definition) is 2. The monoisotopic (exact) mass is 354 g/mol. The second-order valence-electron chi connectivity index (χ2n) is 4.92. The highest BCUT2D eigenvalue weighted by Crippen LogP contribution is 2.19. The molecule has 0 saturated carbocycles. The number of nitrogens with zero attached hydrogens (tertiary/aromatic N) is 4. The lowest BCUT2D eigenvalue weighted by Gasteiger charge is -1.97. The van der Waals surface area contributed by atoms with E-state index >= 15 is 0 Å². The quantitative estimate of drug-likeness (QED) is 0.704. The van der Waals surface area contributed by atoms with Crippen molar-refractivity contribution in [2.75, 3.05) is 10.6 Å². The summed E-state index contributed by atoms with van der Waals surface area (Å²) in [5.74, 6) is -0.272. The van der Waals surface area contributed by atoms with E-state index in [4.69, 9.17) is 0 Å². The number of carbonyl (C=O) groups excluding carboxylic acids is 2. The van der Waals surface area contributed by atoms with Crippen LogP contribution in [-0.2, 0) is 22.4 Å². The highest BCUT2D eigenvalue weighted by atomic mass is 32.1. The first-order chi connectivity index (χ1) is 11.0. The molecule has 8 nitrogen and oxygen atoms in total. The fourth-order valence-electron chi connectivity index (χ4n) is 1.84. The highest BCUT2D eigenvalue weighted by molar-refractivity contribution is 7.15. The van der Waals surface area contributed by atoms with Crippen LogP contribution < -0.4 is 10.6 Å². The van der Waals surface area contributed by atoms with Gasteiger partial charge in [0.25, 0.3) is 0 Å². The van der Waals surface area contributed by atoms with E-state index in [-0.39, 0.29) is 11.8 Å². The lowest BCUT2D eigenvalue weighted by atomic mass is 10.1. The molecular formula is C13H18N6O2S2. The molecule has 0 unspecified atom stereocenters. The van der Waals surface area contributed by atoms with Crippen molar-refractivity contribution in [2.45, 2.75) is 46.0 Å². The van der Waals surface area contributed by atoms with Crippen LogP contribution in [0.5, 0.6) is 0 Å². The molecule has 23 heavy (non-hydrogen) atoms. The number of aryl methyl sites for hydroxylation is 2. The van der Waals surface area contributed by atoms with E-state index in [0.717, 1.165) is 42.1 Å². The second-order valence-corrected chi connectivity index (χ2v) is 7.05. The molecule has 2 rings (SSSR count). The Balaban J connectivity index is 1.63. The Bertz CT molecular complexity index is 613. The van der Waals surface area contributed by atoms with Gasteiger partial charge < -0.3 is 10.6 Å². The van der Waals surface area contributed by atoms with Crippen LogP contribution in [0.15, 0.2) is 0 Å². The van der Waals surface area contributed by atoms with Gasteiger partial charge in [0.2, 0.25) is 22.1 Å². The van der Waals surface area contributed by atoms with Gasteiger partial charge in [0.05, 0.1) is 0 Å². The normalized spacial score (nSPS) is 10.5. The van der Waals surface area contributed by atoms with Crippen molar-refractivity contribution in [2.24, 2.45) is 0 Å². The van der Waals surface area contributed by atoms with Gasteiger partial charge in [0.15, 0.2) is 0 Å². The van der Waals surface area contributed by atoms with Gasteiger partial charge in [-0.2, -0.15) is 0 Å². The minimum absolute atomic E-state index is 0.136. The molecule has 0 aliphatic carbocycles. The van der Waals surface area contributed by atoms with Gasteiger partial charge in [-0.25, -0.2) is 0 Å². The molecule has 0 radical (unpaired) electrons. The zero-order chi connectivity index (χ0) is 16.7. The van der Waals surface area contributed by atoms with Crippen LogP contribution in [0.3, 0.4) is 0 Å². The minimum Gasteiger partial charge on any atom is -0.301 e. The SMILES string of the molecule is CC(=O)Nc1nnc(CCCCCc2nnc(NC(C)=O)s2)s1. The van der Waals surface area contributed by atoms with Gasteiger partial charge in [-0.1, -0.05) is 29.1 Å². The van der Waals surface area contributed by atoms with E-state index in [2.05, 4.69) is 31.0 Å². The minimum atomic E-state index is -0.136. The predicted molar refractivity (Wildman–Crippen MR) is 89.7 cm³/mol. The topological polar surface area (TPSA) is 110 Å². The first-order valence-corrected chi connectivity index (χ1v) is 8.86. The summed E-state index contributed by atoms with van der Waals surface area (Å²) in [6.45, 7) is 2.90. The third kappa shape index (κ3) is 6.37. The average Bonchev–Trinajstić information content (AvgIpc) is 3.07. The van der Waals surface area contributed by atoms with Gasteiger partial charge in [0, 0.05) is 26.7 Å². The Morgan fingerprint density at radius 3 is 1.61 bits per heavy atom. The van der Waals surface area contributed by atoms with Crippen molar-refractivity contribution >= 4 is 44.8 Å². The van der Waals surface area contributed by atoms with Crippen LogP contribution in [0.4, 0.5) is 10.3 Å². The molecule has 0 fully saturated rings. The number of nitrogens with one attached hydrogen (secondary N) is 2. The Kier molecular flexibility index (Phi) is 6.53. The van der Waals surface area contributed by atoms with Crippen molar-refractivity contribution in [1.82, 2.24) is 20.4 Å². The Morgan fingerprint density at radius 1 is 0.783 bits per heavy atom. The van der Waals surface area contributed by atoms with Crippen LogP contribution in [0, 0.1) is 0 Å². The smallest absolute Gasteiger partial charge is 0.223 e. The largest absolute Gasteiger partial charge is 0.301 e. The summed E-state index contributed by atoms with van der Waals surface area (Å²) in [6.07, 6.45) is 4.76. The first-order valence-electron chi connectivity index (χ1n) is 7.23. The molecule has 0 saturated heterocycles. The maximum absolute atomic E-state index is 10.9. The molecule has 124 valence electrons. The van der Waals surface area contributed by atoms with E-state index in [1.165, 1.54) is 36.5 Å². The van der Waals surface area contributed by atoms with Gasteiger partial charge in [-0.05, 0) is 12.8 Å². The van der Waals surface area contributed by atoms with E-state index in [1.807, 2.05) is 0 Å². The Labute approximate surface area is 141 Å². The molecule has 0 spiro atoms. The van der Waals surface area contributed by atoms with E-state index in [0.29, 0.717) is 10.3 Å². The van der Waals surface area contributed by atoms with Crippen molar-refractivity contribution in [1.29, 1.82) is 0 Å². The number of carbonyl (C=O) groups is 2. The Hall–Kier alpha value is -1.94. The number of hydrogen-bond acceptors (Lipinski definition) is 8. The average molecular weight is 354 g/mol. The molecule has 2 heterocycles. The zero-order valence-corrected chi connectivity index (χ0v) is 14.6. The maximum Gasteiger partial charge on any atom is 0.223 e. The van der Waals surface area contributed by atoms with Gasteiger partial charge in [0.1, 0.15) is 10.0 Å². The van der Waals surface area contributed by atoms with E-state index in [9.17, 15) is 9.59 Å². The summed E-state index contributed by atoms with van der Waals surface area (Å²) in [4.78, 5) is 21.8. The summed E-state index contributed by atoms with van der Waals surface area (Å²) in [5.41, 5.74) is 0. The van der Waals surface area contributed by atoms with E-state index < -0.39 is 0 Å². The summed E-state index contributed by atoms with van der Waals surface area (Å²) in [6, 6.07) is 0. The molecular weight excluding hydrogens is 336 g/mol. The molecule has 2 N–H and O–H groups in total. The summed E-state index contributed by atoms with van der Waals surface area (Å²) in [5, 5.41) is 24.1. The van der Waals surface area contributed by atoms with Crippen LogP contribution >= 0.6 is 22.7 Å². The molecule has 0 bridgehead atoms. The molecule has 0 aromatic carbocycles. The lowest BCUT2D eigenvalue weighted by Crippen LogP contribution is -2.04. The fraction of sp³-hybridized carbons (Fsp3) is 0.538. The van der Waals surface area contributed by atoms with Gasteiger partial charge >= 0.3 is 0 Å². The molecule has 10 heteroatoms. The first kappa shape index (κ1) is 17.4. The van der Waals surface area contributed by atoms with Crippen LogP contribution in [0.2, 0.25) is 0 Å². The number of amides is 2. The maximum atomic E-state index is 10.9. The van der Waals surface area contributed by atoms with Crippen molar-refractivity contribution in [3.05, 3.63) is 10.0 Å². The molecule has 2 amide bonds. The predicted octanol–water partition coefficient (Wildman–Crippen LogP) is 2.26. The molecule has 0 aliphatic heterocycles. The highest BCUT2D eigenvalue weighted by Gasteiger charge is 2.07. The molecule has 0 aliphatic rings. The number of rotatable bonds is 8. The van der Waals surface area contributed by atoms with E-state index in [1.54, 1.807) is 0 Å². The van der Waals surface area contributed by atoms with Crippen molar-refractivity contribution in [3.63, 3.8) is 0 Å². The summed E-state index contributed by atoms with van der Waals surface area (Å²) in [7, 11) is 0. The summed E-state index contributed by atoms with van der Waals surface area (Å²) < 4.78 is 0. The fourth-order valence-corrected chi connectivity index (χ4v) is 3.50. The second kappa shape index (κ2) is 8.63. The van der Waals surface area contributed by atoms with Crippen molar-refractivity contribution < 1.29 is 9.59 Å². The number of aromatic nitrogens is 4. The van der Waals surface area contributed by atoms with Gasteiger partial charge in [-0.3, -0.25) is 9.59 Å². The lowest BCUT2D eigenvalue weighted by molar-refractivity contribution is -0.115. The molecule has 2 aromatic heterocycles. The molecule has 2 aromatic rings. The third-order valence-corrected chi connectivity index (χ3v) is 4.58. The third-order valence-electron chi connectivity index (χ3n) is 2.78. The summed E-state index contributed by atoms with van der Waals surface area (Å²) >= 11 is 2.82. The number of unbranched alkanes of at least 4 members (excludes halogenated alkanes) is 2. The zero-order valence-electron chi connectivity index (χ0n) is 13.0. The van der Waals surface area contributed by atoms with Crippen LogP contribution in [-0.4, -0.2) is 32.2 Å². The standard InChI is InChI=1S/C13H18N6O2S2/c1-8(20)14-12-18-16-10(22-12)6-4-3-5-7-11-17-19-13(23-11)15-9(2)21/h3-7H2,1-2H3,(H,14,18,20)(H,15,19,21). The van der Waals surface area contributed by atoms with Crippen LogP contribution in [0.1, 0.15) is 43.1 Å². The van der Waals surface area contributed by atoms with Gasteiger partial charge in [-0.15, -0.1) is 20.4 Å². The Morgan fingerprint density at radius 2 is 1.22 bits per heavy atom.